The lowest BCUT2D eigenvalue weighted by Gasteiger charge is -2.09. The van der Waals surface area contributed by atoms with E-state index in [1.807, 2.05) is 0 Å². The highest BCUT2D eigenvalue weighted by atomic mass is 32.2. The number of aromatic hydroxyl groups is 1. The zero-order valence-corrected chi connectivity index (χ0v) is 19.4. The number of nitro benzene ring substituents is 1. The van der Waals surface area contributed by atoms with E-state index in [9.17, 15) is 28.2 Å². The van der Waals surface area contributed by atoms with Crippen molar-refractivity contribution in [3.05, 3.63) is 64.2 Å². The molecule has 13 nitrogen and oxygen atoms in total. The van der Waals surface area contributed by atoms with Crippen molar-refractivity contribution in [1.82, 2.24) is 0 Å². The number of ether oxygens (including phenoxy) is 2. The Bertz CT molecular complexity index is 1440. The Kier molecular flexibility index (Phi) is 7.37. The Morgan fingerprint density at radius 2 is 1.43 bits per heavy atom. The highest BCUT2D eigenvalue weighted by molar-refractivity contribution is 7.86. The van der Waals surface area contributed by atoms with Crippen LogP contribution in [0.2, 0.25) is 0 Å². The lowest BCUT2D eigenvalue weighted by atomic mass is 10.1. The fourth-order valence-corrected chi connectivity index (χ4v) is 3.50. The molecule has 0 unspecified atom stereocenters. The second-order valence-electron chi connectivity index (χ2n) is 6.95. The highest BCUT2D eigenvalue weighted by Gasteiger charge is 2.21. The van der Waals surface area contributed by atoms with Crippen molar-refractivity contribution < 1.29 is 32.5 Å². The first-order chi connectivity index (χ1) is 16.5. The summed E-state index contributed by atoms with van der Waals surface area (Å²) in [6.45, 7) is 1.55. The molecule has 35 heavy (non-hydrogen) atoms. The van der Waals surface area contributed by atoms with E-state index in [1.165, 1.54) is 56.7 Å². The summed E-state index contributed by atoms with van der Waals surface area (Å²) in [5.74, 6) is 0.0461. The summed E-state index contributed by atoms with van der Waals surface area (Å²) in [7, 11) is -2.20. The number of nitrogens with zero attached hydrogens (tertiary/aromatic N) is 5. The molecule has 0 aromatic heterocycles. The van der Waals surface area contributed by atoms with Gasteiger partial charge in [-0.3, -0.25) is 14.7 Å². The van der Waals surface area contributed by atoms with Crippen LogP contribution >= 0.6 is 0 Å². The van der Waals surface area contributed by atoms with Crippen LogP contribution in [0.1, 0.15) is 5.56 Å². The Labute approximate surface area is 199 Å². The fourth-order valence-electron chi connectivity index (χ4n) is 2.88. The summed E-state index contributed by atoms with van der Waals surface area (Å²) in [5.41, 5.74) is 0.340. The predicted octanol–water partition coefficient (Wildman–Crippen LogP) is 5.70. The maximum absolute atomic E-state index is 12.0. The molecule has 0 aliphatic carbocycles. The molecular weight excluding hydrogens is 482 g/mol. The van der Waals surface area contributed by atoms with Gasteiger partial charge in [0.25, 0.3) is 10.1 Å². The molecule has 0 spiro atoms. The largest absolute Gasteiger partial charge is 0.508 e. The molecule has 0 saturated carbocycles. The number of aryl methyl sites for hydroxylation is 1. The first-order valence-electron chi connectivity index (χ1n) is 9.68. The van der Waals surface area contributed by atoms with Gasteiger partial charge < -0.3 is 14.6 Å². The van der Waals surface area contributed by atoms with E-state index in [2.05, 4.69) is 20.5 Å². The smallest absolute Gasteiger partial charge is 0.311 e. The van der Waals surface area contributed by atoms with Crippen molar-refractivity contribution in [2.75, 3.05) is 14.2 Å². The van der Waals surface area contributed by atoms with Gasteiger partial charge in [-0.1, -0.05) is 0 Å². The Hall–Kier alpha value is -4.43. The van der Waals surface area contributed by atoms with E-state index in [1.54, 1.807) is 6.92 Å². The number of phenolic OH excluding ortho intramolecular Hbond substituents is 1. The number of rotatable bonds is 8. The molecule has 0 saturated heterocycles. The average molecular weight is 501 g/mol. The minimum absolute atomic E-state index is 0.0275. The molecule has 0 amide bonds. The molecule has 0 fully saturated rings. The second-order valence-corrected chi connectivity index (χ2v) is 8.34. The monoisotopic (exact) mass is 501 g/mol. The molecule has 0 bridgehead atoms. The van der Waals surface area contributed by atoms with E-state index in [4.69, 9.17) is 9.47 Å². The van der Waals surface area contributed by atoms with Crippen LogP contribution in [0, 0.1) is 17.0 Å². The number of hydrogen-bond acceptors (Lipinski definition) is 11. The molecule has 14 heteroatoms. The fraction of sp³-hybridized carbons (Fsp3) is 0.143. The standard InChI is InChI=1S/C21H19N5O8S/c1-12-8-18(26(28)29)20(34-3)9-15(12)23-25-17-10-19(33-2)16(11-21(17)35(30,31)32)24-22-13-4-6-14(27)7-5-13/h4-11,27H,1-3H3,(H,30,31,32). The molecule has 182 valence electrons. The SMILES string of the molecule is COc1cc(N=Nc2cc(OC)c([N+](=O)[O-])cc2C)c(S(=O)(=O)O)cc1N=Nc1ccc(O)cc1. The zero-order valence-electron chi connectivity index (χ0n) is 18.6. The van der Waals surface area contributed by atoms with E-state index in [0.717, 1.165) is 6.07 Å². The summed E-state index contributed by atoms with van der Waals surface area (Å²) < 4.78 is 44.1. The van der Waals surface area contributed by atoms with E-state index >= 15 is 0 Å². The molecule has 0 atom stereocenters. The summed E-state index contributed by atoms with van der Waals surface area (Å²) in [4.78, 5) is 9.95. The third-order valence-corrected chi connectivity index (χ3v) is 5.50. The van der Waals surface area contributed by atoms with Crippen molar-refractivity contribution >= 4 is 38.6 Å². The van der Waals surface area contributed by atoms with Crippen LogP contribution in [0.5, 0.6) is 17.2 Å². The molecule has 0 aliphatic rings. The van der Waals surface area contributed by atoms with Crippen LogP contribution in [-0.2, 0) is 10.1 Å². The number of phenols is 1. The minimum Gasteiger partial charge on any atom is -0.508 e. The van der Waals surface area contributed by atoms with Gasteiger partial charge in [-0.15, -0.1) is 10.2 Å². The van der Waals surface area contributed by atoms with E-state index < -0.39 is 19.9 Å². The maximum Gasteiger partial charge on any atom is 0.311 e. The van der Waals surface area contributed by atoms with Crippen LogP contribution in [-0.4, -0.2) is 37.2 Å². The predicted molar refractivity (Wildman–Crippen MR) is 124 cm³/mol. The molecule has 2 N–H and O–H groups in total. The van der Waals surface area contributed by atoms with Crippen LogP contribution in [0.3, 0.4) is 0 Å². The van der Waals surface area contributed by atoms with E-state index in [0.29, 0.717) is 11.3 Å². The van der Waals surface area contributed by atoms with Crippen LogP contribution < -0.4 is 9.47 Å². The molecule has 3 rings (SSSR count). The number of hydrogen-bond donors (Lipinski definition) is 2. The van der Waals surface area contributed by atoms with Crippen molar-refractivity contribution in [1.29, 1.82) is 0 Å². The lowest BCUT2D eigenvalue weighted by Crippen LogP contribution is -1.99. The average Bonchev–Trinajstić information content (AvgIpc) is 2.81. The molecular formula is C21H19N5O8S. The van der Waals surface area contributed by atoms with Gasteiger partial charge in [0.05, 0.1) is 30.5 Å². The number of azo groups is 2. The van der Waals surface area contributed by atoms with Gasteiger partial charge in [-0.05, 0) is 42.8 Å². The maximum atomic E-state index is 12.0. The summed E-state index contributed by atoms with van der Waals surface area (Å²) in [6, 6.07) is 10.5. The Morgan fingerprint density at radius 1 is 0.857 bits per heavy atom. The van der Waals surface area contributed by atoms with Crippen LogP contribution in [0.15, 0.2) is 73.9 Å². The summed E-state index contributed by atoms with van der Waals surface area (Å²) in [6.07, 6.45) is 0. The van der Waals surface area contributed by atoms with Gasteiger partial charge in [0.2, 0.25) is 0 Å². The zero-order chi connectivity index (χ0) is 25.8. The molecule has 0 heterocycles. The first kappa shape index (κ1) is 25.2. The van der Waals surface area contributed by atoms with Crippen molar-refractivity contribution in [3.8, 4) is 17.2 Å². The normalized spacial score (nSPS) is 11.8. The second kappa shape index (κ2) is 10.2. The van der Waals surface area contributed by atoms with Gasteiger partial charge in [-0.25, -0.2) is 0 Å². The molecule has 3 aromatic carbocycles. The van der Waals surface area contributed by atoms with Crippen molar-refractivity contribution in [3.63, 3.8) is 0 Å². The Morgan fingerprint density at radius 3 is 2.00 bits per heavy atom. The minimum atomic E-state index is -4.77. The van der Waals surface area contributed by atoms with Gasteiger partial charge in [0, 0.05) is 18.2 Å². The molecule has 0 radical (unpaired) electrons. The van der Waals surface area contributed by atoms with Crippen LogP contribution in [0.4, 0.5) is 28.4 Å². The first-order valence-corrected chi connectivity index (χ1v) is 11.1. The van der Waals surface area contributed by atoms with Gasteiger partial charge in [-0.2, -0.15) is 18.6 Å². The van der Waals surface area contributed by atoms with Gasteiger partial charge in [0.15, 0.2) is 5.75 Å². The van der Waals surface area contributed by atoms with Crippen molar-refractivity contribution in [2.45, 2.75) is 11.8 Å². The summed E-state index contributed by atoms with van der Waals surface area (Å²) in [5, 5.41) is 36.3. The van der Waals surface area contributed by atoms with Gasteiger partial charge in [0.1, 0.15) is 27.8 Å². The number of benzene rings is 3. The lowest BCUT2D eigenvalue weighted by molar-refractivity contribution is -0.385. The third-order valence-electron chi connectivity index (χ3n) is 4.62. The van der Waals surface area contributed by atoms with Crippen molar-refractivity contribution in [2.24, 2.45) is 20.5 Å². The molecule has 3 aromatic rings. The highest BCUT2D eigenvalue weighted by Crippen LogP contribution is 2.40. The van der Waals surface area contributed by atoms with Crippen LogP contribution in [0.25, 0.3) is 0 Å². The van der Waals surface area contributed by atoms with E-state index in [-0.39, 0.29) is 40.0 Å². The Balaban J connectivity index is 2.08. The quantitative estimate of drug-likeness (QED) is 0.170. The third kappa shape index (κ3) is 5.93. The number of nitro groups is 1. The molecule has 0 aliphatic heterocycles. The van der Waals surface area contributed by atoms with Gasteiger partial charge >= 0.3 is 5.69 Å². The number of methoxy groups -OCH3 is 2. The topological polar surface area (TPSA) is 186 Å². The summed E-state index contributed by atoms with van der Waals surface area (Å²) >= 11 is 0.